The lowest BCUT2D eigenvalue weighted by atomic mass is 10.1. The largest absolute Gasteiger partial charge is 0.444 e. The van der Waals surface area contributed by atoms with Gasteiger partial charge in [0.1, 0.15) is 5.60 Å². The number of likely N-dealkylation sites (tertiary alicyclic amines) is 1. The lowest BCUT2D eigenvalue weighted by molar-refractivity contribution is 0.00437. The predicted molar refractivity (Wildman–Crippen MR) is 85.2 cm³/mol. The molecule has 1 unspecified atom stereocenters. The summed E-state index contributed by atoms with van der Waals surface area (Å²) >= 11 is 5.20. The summed E-state index contributed by atoms with van der Waals surface area (Å²) in [5.74, 6) is 0. The average Bonchev–Trinajstić information content (AvgIpc) is 2.66. The number of ether oxygens (including phenoxy) is 1. The first-order valence-corrected chi connectivity index (χ1v) is 8.40. The predicted octanol–water partition coefficient (Wildman–Crippen LogP) is 3.78. The molecular weight excluding hydrogens is 340 g/mol. The Hall–Kier alpha value is -0.590. The van der Waals surface area contributed by atoms with Crippen LogP contribution in [-0.2, 0) is 4.74 Å². The lowest BCUT2D eigenvalue weighted by Gasteiger charge is -2.41. The van der Waals surface area contributed by atoms with Gasteiger partial charge in [-0.05, 0) is 49.7 Å². The van der Waals surface area contributed by atoms with Gasteiger partial charge in [0.25, 0.3) is 0 Å². The zero-order chi connectivity index (χ0) is 14.9. The molecule has 1 saturated heterocycles. The van der Waals surface area contributed by atoms with Crippen LogP contribution in [-0.4, -0.2) is 35.7 Å². The van der Waals surface area contributed by atoms with Gasteiger partial charge in [0.15, 0.2) is 0 Å². The van der Waals surface area contributed by atoms with Gasteiger partial charge >= 0.3 is 6.09 Å². The molecule has 0 bridgehead atoms. The van der Waals surface area contributed by atoms with Crippen molar-refractivity contribution >= 4 is 33.4 Å². The number of hydrogen-bond acceptors (Lipinski definition) is 4. The molecule has 0 aliphatic carbocycles. The molecule has 0 spiro atoms. The van der Waals surface area contributed by atoms with Gasteiger partial charge in [0.2, 0.25) is 0 Å². The Balaban J connectivity index is 1.75. The van der Waals surface area contributed by atoms with E-state index in [1.807, 2.05) is 20.8 Å². The van der Waals surface area contributed by atoms with Gasteiger partial charge in [0, 0.05) is 39.9 Å². The topological polar surface area (TPSA) is 41.6 Å². The van der Waals surface area contributed by atoms with Gasteiger partial charge in [-0.1, -0.05) is 0 Å². The molecule has 1 aromatic rings. The zero-order valence-corrected chi connectivity index (χ0v) is 14.7. The second-order valence-electron chi connectivity index (χ2n) is 6.14. The van der Waals surface area contributed by atoms with Gasteiger partial charge in [0.05, 0.1) is 0 Å². The Labute approximate surface area is 132 Å². The summed E-state index contributed by atoms with van der Waals surface area (Å²) in [5.41, 5.74) is -0.424. The number of rotatable bonds is 3. The molecule has 0 saturated carbocycles. The van der Waals surface area contributed by atoms with Crippen molar-refractivity contribution in [1.29, 1.82) is 0 Å². The quantitative estimate of drug-likeness (QED) is 0.891. The standard InChI is InChI=1S/C14H21BrN2O2S/c1-9(12-5-10(15)8-20-12)16-11-6-17(7-11)13(18)19-14(2,3)4/h5,8-9,11,16H,6-7H2,1-4H3. The molecule has 1 fully saturated rings. The van der Waals surface area contributed by atoms with E-state index in [0.29, 0.717) is 25.2 Å². The highest BCUT2D eigenvalue weighted by Gasteiger charge is 2.34. The van der Waals surface area contributed by atoms with Crippen molar-refractivity contribution in [2.45, 2.75) is 45.4 Å². The van der Waals surface area contributed by atoms with Crippen molar-refractivity contribution in [2.75, 3.05) is 13.1 Å². The third-order valence-electron chi connectivity index (χ3n) is 3.03. The second-order valence-corrected chi connectivity index (χ2v) is 8.00. The van der Waals surface area contributed by atoms with Crippen LogP contribution in [0.4, 0.5) is 4.79 Å². The minimum atomic E-state index is -0.424. The molecule has 2 rings (SSSR count). The Morgan fingerprint density at radius 1 is 1.55 bits per heavy atom. The van der Waals surface area contributed by atoms with E-state index in [0.717, 1.165) is 4.47 Å². The number of nitrogens with zero attached hydrogens (tertiary/aromatic N) is 1. The van der Waals surface area contributed by atoms with Crippen LogP contribution in [0.25, 0.3) is 0 Å². The maximum Gasteiger partial charge on any atom is 0.410 e. The van der Waals surface area contributed by atoms with E-state index < -0.39 is 5.60 Å². The third kappa shape index (κ3) is 4.20. The van der Waals surface area contributed by atoms with E-state index in [1.54, 1.807) is 16.2 Å². The van der Waals surface area contributed by atoms with Crippen molar-refractivity contribution in [3.63, 3.8) is 0 Å². The summed E-state index contributed by atoms with van der Waals surface area (Å²) in [7, 11) is 0. The maximum absolute atomic E-state index is 11.8. The zero-order valence-electron chi connectivity index (χ0n) is 12.3. The van der Waals surface area contributed by atoms with Crippen LogP contribution in [0.5, 0.6) is 0 Å². The molecule has 6 heteroatoms. The normalized spacial score (nSPS) is 17.8. The van der Waals surface area contributed by atoms with Gasteiger partial charge in [-0.2, -0.15) is 0 Å². The fourth-order valence-corrected chi connectivity index (χ4v) is 3.51. The molecule has 1 aliphatic rings. The number of amides is 1. The molecule has 2 heterocycles. The Bertz CT molecular complexity index is 478. The summed E-state index contributed by atoms with van der Waals surface area (Å²) < 4.78 is 6.46. The molecule has 112 valence electrons. The number of carbonyl (C=O) groups is 1. The van der Waals surface area contributed by atoms with E-state index in [4.69, 9.17) is 4.74 Å². The first-order chi connectivity index (χ1) is 9.24. The Morgan fingerprint density at radius 3 is 2.70 bits per heavy atom. The van der Waals surface area contributed by atoms with Crippen LogP contribution < -0.4 is 5.32 Å². The van der Waals surface area contributed by atoms with Crippen molar-refractivity contribution in [3.8, 4) is 0 Å². The smallest absolute Gasteiger partial charge is 0.410 e. The molecule has 1 amide bonds. The monoisotopic (exact) mass is 360 g/mol. The fourth-order valence-electron chi connectivity index (χ4n) is 2.05. The van der Waals surface area contributed by atoms with E-state index in [1.165, 1.54) is 4.88 Å². The van der Waals surface area contributed by atoms with Crippen LogP contribution in [0.3, 0.4) is 0 Å². The molecule has 1 atom stereocenters. The van der Waals surface area contributed by atoms with Crippen molar-refractivity contribution in [2.24, 2.45) is 0 Å². The molecule has 20 heavy (non-hydrogen) atoms. The summed E-state index contributed by atoms with van der Waals surface area (Å²) in [6.45, 7) is 9.23. The minimum Gasteiger partial charge on any atom is -0.444 e. The number of halogens is 1. The lowest BCUT2D eigenvalue weighted by Crippen LogP contribution is -2.60. The summed E-state index contributed by atoms with van der Waals surface area (Å²) in [6.07, 6.45) is -0.220. The highest BCUT2D eigenvalue weighted by atomic mass is 79.9. The first-order valence-electron chi connectivity index (χ1n) is 6.72. The number of hydrogen-bond donors (Lipinski definition) is 1. The number of nitrogens with one attached hydrogen (secondary N) is 1. The van der Waals surface area contributed by atoms with Gasteiger partial charge in [-0.3, -0.25) is 0 Å². The van der Waals surface area contributed by atoms with Crippen LogP contribution in [0.1, 0.15) is 38.6 Å². The molecule has 1 aromatic heterocycles. The molecule has 1 aliphatic heterocycles. The van der Waals surface area contributed by atoms with E-state index in [-0.39, 0.29) is 6.09 Å². The van der Waals surface area contributed by atoms with E-state index in [9.17, 15) is 4.79 Å². The fraction of sp³-hybridized carbons (Fsp3) is 0.643. The number of thiophene rings is 1. The van der Waals surface area contributed by atoms with Gasteiger partial charge in [-0.15, -0.1) is 11.3 Å². The molecule has 0 aromatic carbocycles. The highest BCUT2D eigenvalue weighted by Crippen LogP contribution is 2.26. The summed E-state index contributed by atoms with van der Waals surface area (Å²) in [6, 6.07) is 2.78. The summed E-state index contributed by atoms with van der Waals surface area (Å²) in [4.78, 5) is 14.9. The third-order valence-corrected chi connectivity index (χ3v) is 4.91. The van der Waals surface area contributed by atoms with Crippen molar-refractivity contribution in [1.82, 2.24) is 10.2 Å². The molecule has 1 N–H and O–H groups in total. The van der Waals surface area contributed by atoms with Crippen LogP contribution in [0, 0.1) is 0 Å². The van der Waals surface area contributed by atoms with Gasteiger partial charge in [-0.25, -0.2) is 4.79 Å². The maximum atomic E-state index is 11.8. The van der Waals surface area contributed by atoms with Crippen LogP contribution in [0.2, 0.25) is 0 Å². The average molecular weight is 361 g/mol. The van der Waals surface area contributed by atoms with Crippen LogP contribution >= 0.6 is 27.3 Å². The second kappa shape index (κ2) is 6.03. The Morgan fingerprint density at radius 2 is 2.20 bits per heavy atom. The molecule has 0 radical (unpaired) electrons. The highest BCUT2D eigenvalue weighted by molar-refractivity contribution is 9.10. The molecule has 4 nitrogen and oxygen atoms in total. The summed E-state index contributed by atoms with van der Waals surface area (Å²) in [5, 5.41) is 5.62. The van der Waals surface area contributed by atoms with Crippen molar-refractivity contribution in [3.05, 3.63) is 20.8 Å². The SMILES string of the molecule is CC(NC1CN(C(=O)OC(C)(C)C)C1)c1cc(Br)cs1. The Kier molecular flexibility index (Phi) is 4.76. The first kappa shape index (κ1) is 15.8. The molecular formula is C14H21BrN2O2S. The van der Waals surface area contributed by atoms with Crippen molar-refractivity contribution < 1.29 is 9.53 Å². The van der Waals surface area contributed by atoms with E-state index >= 15 is 0 Å². The van der Waals surface area contributed by atoms with Crippen LogP contribution in [0.15, 0.2) is 15.9 Å². The number of carbonyl (C=O) groups excluding carboxylic acids is 1. The van der Waals surface area contributed by atoms with E-state index in [2.05, 4.69) is 39.6 Å². The minimum absolute atomic E-state index is 0.220. The van der Waals surface area contributed by atoms with Gasteiger partial charge < -0.3 is 15.0 Å².